The number of nitrogens with one attached hydrogen (secondary N) is 2. The molecule has 7 nitrogen and oxygen atoms in total. The summed E-state index contributed by atoms with van der Waals surface area (Å²) < 4.78 is 10.4. The van der Waals surface area contributed by atoms with Gasteiger partial charge in [-0.3, -0.25) is 9.59 Å². The van der Waals surface area contributed by atoms with E-state index < -0.39 is 5.91 Å². The number of methoxy groups -OCH3 is 2. The lowest BCUT2D eigenvalue weighted by atomic mass is 10.1. The third-order valence-corrected chi connectivity index (χ3v) is 4.03. The molecule has 2 aromatic carbocycles. The summed E-state index contributed by atoms with van der Waals surface area (Å²) in [6.45, 7) is 1.43. The Labute approximate surface area is 167 Å². The Morgan fingerprint density at radius 1 is 1.14 bits per heavy atom. The number of amides is 1. The maximum atomic E-state index is 12.4. The third-order valence-electron chi connectivity index (χ3n) is 3.74. The maximum Gasteiger partial charge on any atom is 0.267 e. The van der Waals surface area contributed by atoms with Gasteiger partial charge < -0.3 is 20.1 Å². The van der Waals surface area contributed by atoms with Gasteiger partial charge in [0.25, 0.3) is 5.91 Å². The van der Waals surface area contributed by atoms with Crippen LogP contribution < -0.4 is 20.1 Å². The van der Waals surface area contributed by atoms with E-state index in [1.54, 1.807) is 30.3 Å². The monoisotopic (exact) mass is 399 g/mol. The van der Waals surface area contributed by atoms with Crippen molar-refractivity contribution in [2.24, 2.45) is 0 Å². The van der Waals surface area contributed by atoms with Crippen LogP contribution in [0.5, 0.6) is 11.5 Å². The van der Waals surface area contributed by atoms with E-state index in [4.69, 9.17) is 21.1 Å². The van der Waals surface area contributed by atoms with Crippen LogP contribution in [0.1, 0.15) is 17.3 Å². The van der Waals surface area contributed by atoms with Gasteiger partial charge in [0, 0.05) is 29.6 Å². The van der Waals surface area contributed by atoms with Crippen molar-refractivity contribution in [3.05, 3.63) is 58.8 Å². The molecule has 144 valence electrons. The van der Waals surface area contributed by atoms with Gasteiger partial charge in [-0.1, -0.05) is 23.7 Å². The van der Waals surface area contributed by atoms with E-state index in [9.17, 15) is 14.9 Å². The van der Waals surface area contributed by atoms with Crippen LogP contribution in [0, 0.1) is 11.3 Å². The highest BCUT2D eigenvalue weighted by atomic mass is 35.5. The summed E-state index contributed by atoms with van der Waals surface area (Å²) >= 11 is 6.06. The second-order valence-electron chi connectivity index (χ2n) is 5.59. The molecule has 2 N–H and O–H groups in total. The Morgan fingerprint density at radius 3 is 2.46 bits per heavy atom. The fraction of sp³-hybridized carbons (Fsp3) is 0.150. The van der Waals surface area contributed by atoms with Crippen molar-refractivity contribution in [3.63, 3.8) is 0 Å². The molecule has 0 aliphatic carbocycles. The molecule has 28 heavy (non-hydrogen) atoms. The zero-order valence-electron chi connectivity index (χ0n) is 15.5. The number of ketones is 1. The number of hydrogen-bond donors (Lipinski definition) is 2. The Morgan fingerprint density at radius 2 is 1.86 bits per heavy atom. The Kier molecular flexibility index (Phi) is 7.02. The normalized spacial score (nSPS) is 10.6. The molecule has 1 amide bonds. The van der Waals surface area contributed by atoms with Crippen LogP contribution in [0.3, 0.4) is 0 Å². The van der Waals surface area contributed by atoms with E-state index in [1.165, 1.54) is 33.4 Å². The number of rotatable bonds is 7. The van der Waals surface area contributed by atoms with Gasteiger partial charge in [-0.2, -0.15) is 5.26 Å². The molecule has 0 fully saturated rings. The van der Waals surface area contributed by atoms with E-state index in [-0.39, 0.29) is 11.4 Å². The minimum Gasteiger partial charge on any atom is -0.495 e. The summed E-state index contributed by atoms with van der Waals surface area (Å²) in [5.41, 5.74) is 1.15. The number of hydrogen-bond acceptors (Lipinski definition) is 6. The molecule has 0 radical (unpaired) electrons. The molecule has 0 aliphatic rings. The molecule has 0 atom stereocenters. The standard InChI is InChI=1S/C20H18ClN3O4/c1-12(25)13-5-4-6-15(7-13)24-20(26)14(10-22)11-23-17-9-18(27-2)16(21)8-19(17)28-3/h4-9,11,23H,1-3H3,(H,24,26)/b14-11-. The lowest BCUT2D eigenvalue weighted by Crippen LogP contribution is -2.15. The average molecular weight is 400 g/mol. The molecule has 0 unspecified atom stereocenters. The highest BCUT2D eigenvalue weighted by Crippen LogP contribution is 2.35. The molecule has 0 spiro atoms. The molecule has 0 aromatic heterocycles. The quantitative estimate of drug-likeness (QED) is 0.414. The Balaban J connectivity index is 2.22. The van der Waals surface area contributed by atoms with Gasteiger partial charge in [0.1, 0.15) is 23.1 Å². The molecule has 0 heterocycles. The number of benzene rings is 2. The topological polar surface area (TPSA) is 100 Å². The molecule has 2 rings (SSSR count). The highest BCUT2D eigenvalue weighted by Gasteiger charge is 2.13. The summed E-state index contributed by atoms with van der Waals surface area (Å²) in [6, 6.07) is 11.4. The molecule has 8 heteroatoms. The summed E-state index contributed by atoms with van der Waals surface area (Å²) in [5.74, 6) is 0.0597. The van der Waals surface area contributed by atoms with E-state index in [0.29, 0.717) is 33.5 Å². The second kappa shape index (κ2) is 9.44. The first-order chi connectivity index (χ1) is 13.4. The van der Waals surface area contributed by atoms with Crippen LogP contribution in [0.15, 0.2) is 48.2 Å². The van der Waals surface area contributed by atoms with E-state index >= 15 is 0 Å². The number of nitrogens with zero attached hydrogens (tertiary/aromatic N) is 1. The first-order valence-electron chi connectivity index (χ1n) is 8.10. The zero-order chi connectivity index (χ0) is 20.7. The first kappa shape index (κ1) is 20.8. The number of Topliss-reactive ketones (excluding diaryl/α,β-unsaturated/α-hetero) is 1. The van der Waals surface area contributed by atoms with Gasteiger partial charge in [-0.25, -0.2) is 0 Å². The molecular weight excluding hydrogens is 382 g/mol. The van der Waals surface area contributed by atoms with Crippen molar-refractivity contribution in [2.75, 3.05) is 24.9 Å². The van der Waals surface area contributed by atoms with Crippen molar-refractivity contribution in [1.82, 2.24) is 0 Å². The summed E-state index contributed by atoms with van der Waals surface area (Å²) in [4.78, 5) is 23.8. The smallest absolute Gasteiger partial charge is 0.267 e. The van der Waals surface area contributed by atoms with Crippen molar-refractivity contribution >= 4 is 34.7 Å². The minimum atomic E-state index is -0.629. The minimum absolute atomic E-state index is 0.127. The van der Waals surface area contributed by atoms with Gasteiger partial charge in [0.2, 0.25) is 0 Å². The molecule has 2 aromatic rings. The number of anilines is 2. The third kappa shape index (κ3) is 5.02. The van der Waals surface area contributed by atoms with Crippen LogP contribution in [0.4, 0.5) is 11.4 Å². The number of carbonyl (C=O) groups is 2. The molecule has 0 saturated heterocycles. The van der Waals surface area contributed by atoms with Gasteiger partial charge in [-0.15, -0.1) is 0 Å². The number of nitriles is 1. The summed E-state index contributed by atoms with van der Waals surface area (Å²) in [6.07, 6.45) is 1.25. The SMILES string of the molecule is COc1cc(N/C=C(/C#N)C(=O)Nc2cccc(C(C)=O)c2)c(OC)cc1Cl. The molecule has 0 aliphatic heterocycles. The van der Waals surface area contributed by atoms with Gasteiger partial charge >= 0.3 is 0 Å². The molecule has 0 saturated carbocycles. The van der Waals surface area contributed by atoms with Crippen LogP contribution >= 0.6 is 11.6 Å². The predicted molar refractivity (Wildman–Crippen MR) is 107 cm³/mol. The summed E-state index contributed by atoms with van der Waals surface area (Å²) in [5, 5.41) is 15.1. The average Bonchev–Trinajstić information content (AvgIpc) is 2.69. The van der Waals surface area contributed by atoms with Crippen molar-refractivity contribution in [3.8, 4) is 17.6 Å². The number of carbonyl (C=O) groups excluding carboxylic acids is 2. The fourth-order valence-corrected chi connectivity index (χ4v) is 2.52. The maximum absolute atomic E-state index is 12.4. The predicted octanol–water partition coefficient (Wildman–Crippen LogP) is 4.02. The van der Waals surface area contributed by atoms with Gasteiger partial charge in [0.05, 0.1) is 24.9 Å². The summed E-state index contributed by atoms with van der Waals surface area (Å²) in [7, 11) is 2.93. The van der Waals surface area contributed by atoms with Crippen LogP contribution in [0.25, 0.3) is 0 Å². The van der Waals surface area contributed by atoms with Crippen molar-refractivity contribution in [2.45, 2.75) is 6.92 Å². The lowest BCUT2D eigenvalue weighted by molar-refractivity contribution is -0.112. The van der Waals surface area contributed by atoms with E-state index in [2.05, 4.69) is 10.6 Å². The first-order valence-corrected chi connectivity index (χ1v) is 8.48. The second-order valence-corrected chi connectivity index (χ2v) is 6.00. The lowest BCUT2D eigenvalue weighted by Gasteiger charge is -2.12. The Bertz CT molecular complexity index is 980. The van der Waals surface area contributed by atoms with Crippen LogP contribution in [-0.2, 0) is 4.79 Å². The highest BCUT2D eigenvalue weighted by molar-refractivity contribution is 6.32. The van der Waals surface area contributed by atoms with Crippen LogP contribution in [-0.4, -0.2) is 25.9 Å². The van der Waals surface area contributed by atoms with E-state index in [1.807, 2.05) is 6.07 Å². The zero-order valence-corrected chi connectivity index (χ0v) is 16.3. The van der Waals surface area contributed by atoms with Crippen LogP contribution in [0.2, 0.25) is 5.02 Å². The number of ether oxygens (including phenoxy) is 2. The van der Waals surface area contributed by atoms with E-state index in [0.717, 1.165) is 0 Å². The van der Waals surface area contributed by atoms with Crippen molar-refractivity contribution in [1.29, 1.82) is 5.26 Å². The number of halogens is 1. The largest absolute Gasteiger partial charge is 0.495 e. The van der Waals surface area contributed by atoms with Crippen molar-refractivity contribution < 1.29 is 19.1 Å². The molecule has 0 bridgehead atoms. The fourth-order valence-electron chi connectivity index (χ4n) is 2.29. The Hall–Kier alpha value is -3.50. The van der Waals surface area contributed by atoms with Gasteiger partial charge in [0.15, 0.2) is 5.78 Å². The molecular formula is C20H18ClN3O4. The van der Waals surface area contributed by atoms with Gasteiger partial charge in [-0.05, 0) is 19.1 Å².